The Hall–Kier alpha value is -2.48. The van der Waals surface area contributed by atoms with Crippen LogP contribution in [0.1, 0.15) is 0 Å². The number of hydrogen-bond acceptors (Lipinski definition) is 8. The first-order valence-electron chi connectivity index (χ1n) is 6.27. The second-order valence-corrected chi connectivity index (χ2v) is 4.40. The van der Waals surface area contributed by atoms with Crippen molar-refractivity contribution in [1.29, 1.82) is 0 Å². The van der Waals surface area contributed by atoms with Crippen molar-refractivity contribution in [2.75, 3.05) is 42.7 Å². The average molecular weight is 273 g/mol. The van der Waals surface area contributed by atoms with Crippen molar-refractivity contribution in [2.45, 2.75) is 0 Å². The Balaban J connectivity index is 1.95. The van der Waals surface area contributed by atoms with Crippen molar-refractivity contribution in [3.05, 3.63) is 18.6 Å². The fourth-order valence-electron chi connectivity index (χ4n) is 1.99. The van der Waals surface area contributed by atoms with E-state index in [-0.39, 0.29) is 5.95 Å². The van der Waals surface area contributed by atoms with Crippen LogP contribution in [0.4, 0.5) is 17.6 Å². The van der Waals surface area contributed by atoms with Crippen LogP contribution in [-0.4, -0.2) is 46.2 Å². The topological polar surface area (TPSA) is 116 Å². The number of nitrogens with two attached hydrogens (primary N) is 2. The number of nitrogens with zero attached hydrogens (tertiary/aromatic N) is 5. The van der Waals surface area contributed by atoms with Crippen molar-refractivity contribution >= 4 is 17.6 Å². The molecular weight excluding hydrogens is 258 g/mol. The van der Waals surface area contributed by atoms with Crippen LogP contribution in [0, 0.1) is 0 Å². The molecule has 0 saturated carbocycles. The molecule has 4 N–H and O–H groups in total. The van der Waals surface area contributed by atoms with E-state index in [0.717, 1.165) is 13.1 Å². The average Bonchev–Trinajstić information content (AvgIpc) is 2.50. The van der Waals surface area contributed by atoms with Gasteiger partial charge in [-0.2, -0.15) is 0 Å². The van der Waals surface area contributed by atoms with Gasteiger partial charge in [0.15, 0.2) is 0 Å². The largest absolute Gasteiger partial charge is 0.396 e. The van der Waals surface area contributed by atoms with E-state index in [1.54, 1.807) is 18.6 Å². The van der Waals surface area contributed by atoms with E-state index in [1.807, 2.05) is 0 Å². The summed E-state index contributed by atoms with van der Waals surface area (Å²) >= 11 is 0. The van der Waals surface area contributed by atoms with Crippen molar-refractivity contribution in [3.63, 3.8) is 0 Å². The highest BCUT2D eigenvalue weighted by Crippen LogP contribution is 2.24. The Bertz CT molecular complexity index is 595. The second-order valence-electron chi connectivity index (χ2n) is 4.40. The predicted octanol–water partition coefficient (Wildman–Crippen LogP) is -0.0654. The first kappa shape index (κ1) is 12.5. The van der Waals surface area contributed by atoms with Gasteiger partial charge in [-0.05, 0) is 0 Å². The molecule has 8 heteroatoms. The quantitative estimate of drug-likeness (QED) is 0.781. The lowest BCUT2D eigenvalue weighted by Gasteiger charge is -2.27. The van der Waals surface area contributed by atoms with Crippen molar-refractivity contribution < 1.29 is 4.74 Å². The Morgan fingerprint density at radius 1 is 1.00 bits per heavy atom. The Kier molecular flexibility index (Phi) is 3.30. The van der Waals surface area contributed by atoms with E-state index in [0.29, 0.717) is 36.1 Å². The van der Waals surface area contributed by atoms with Crippen LogP contribution in [0.15, 0.2) is 18.6 Å². The lowest BCUT2D eigenvalue weighted by Crippen LogP contribution is -2.37. The zero-order valence-corrected chi connectivity index (χ0v) is 10.9. The van der Waals surface area contributed by atoms with E-state index >= 15 is 0 Å². The van der Waals surface area contributed by atoms with Crippen LogP contribution < -0.4 is 16.4 Å². The van der Waals surface area contributed by atoms with E-state index in [9.17, 15) is 0 Å². The minimum Gasteiger partial charge on any atom is -0.396 e. The molecule has 0 atom stereocenters. The minimum atomic E-state index is 0.217. The second kappa shape index (κ2) is 5.25. The number of aromatic nitrogens is 4. The smallest absolute Gasteiger partial charge is 0.226 e. The summed E-state index contributed by atoms with van der Waals surface area (Å²) in [6.07, 6.45) is 4.80. The van der Waals surface area contributed by atoms with Gasteiger partial charge in [0.1, 0.15) is 5.69 Å². The highest BCUT2D eigenvalue weighted by Gasteiger charge is 2.16. The summed E-state index contributed by atoms with van der Waals surface area (Å²) in [5.74, 6) is 0.851. The van der Waals surface area contributed by atoms with Crippen molar-refractivity contribution in [1.82, 2.24) is 19.9 Å². The van der Waals surface area contributed by atoms with Gasteiger partial charge in [0.05, 0.1) is 25.1 Å². The fraction of sp³-hybridized carbons (Fsp3) is 0.333. The maximum atomic E-state index is 5.93. The molecule has 104 valence electrons. The van der Waals surface area contributed by atoms with E-state index in [4.69, 9.17) is 16.2 Å². The van der Waals surface area contributed by atoms with Crippen LogP contribution in [0.3, 0.4) is 0 Å². The zero-order valence-electron chi connectivity index (χ0n) is 10.9. The fourth-order valence-corrected chi connectivity index (χ4v) is 1.99. The summed E-state index contributed by atoms with van der Waals surface area (Å²) in [4.78, 5) is 18.8. The number of rotatable bonds is 2. The van der Waals surface area contributed by atoms with E-state index in [1.165, 1.54) is 0 Å². The molecule has 0 amide bonds. The first-order chi connectivity index (χ1) is 9.74. The van der Waals surface area contributed by atoms with E-state index in [2.05, 4.69) is 24.8 Å². The molecule has 0 bridgehead atoms. The molecule has 3 rings (SSSR count). The van der Waals surface area contributed by atoms with Gasteiger partial charge in [-0.1, -0.05) is 0 Å². The molecule has 0 aliphatic carbocycles. The zero-order chi connectivity index (χ0) is 13.9. The molecule has 0 radical (unpaired) electrons. The van der Waals surface area contributed by atoms with E-state index < -0.39 is 0 Å². The molecule has 8 nitrogen and oxygen atoms in total. The Morgan fingerprint density at radius 3 is 2.40 bits per heavy atom. The number of morpholine rings is 1. The number of ether oxygens (including phenoxy) is 1. The van der Waals surface area contributed by atoms with Crippen LogP contribution in [-0.2, 0) is 4.74 Å². The SMILES string of the molecule is Nc1ncc(-c2nc(N3CCOCC3)ncc2N)cn1. The van der Waals surface area contributed by atoms with Crippen LogP contribution in [0.25, 0.3) is 11.3 Å². The monoisotopic (exact) mass is 273 g/mol. The summed E-state index contributed by atoms with van der Waals surface area (Å²) < 4.78 is 5.32. The highest BCUT2D eigenvalue weighted by molar-refractivity contribution is 5.71. The van der Waals surface area contributed by atoms with Crippen LogP contribution in [0.5, 0.6) is 0 Å². The lowest BCUT2D eigenvalue weighted by atomic mass is 10.2. The van der Waals surface area contributed by atoms with Gasteiger partial charge in [0, 0.05) is 31.0 Å². The van der Waals surface area contributed by atoms with Gasteiger partial charge in [0.2, 0.25) is 11.9 Å². The summed E-state index contributed by atoms with van der Waals surface area (Å²) in [5, 5.41) is 0. The molecule has 1 saturated heterocycles. The first-order valence-corrected chi connectivity index (χ1v) is 6.27. The Morgan fingerprint density at radius 2 is 1.70 bits per heavy atom. The number of anilines is 3. The van der Waals surface area contributed by atoms with Gasteiger partial charge in [-0.25, -0.2) is 19.9 Å². The third kappa shape index (κ3) is 2.45. The highest BCUT2D eigenvalue weighted by atomic mass is 16.5. The molecule has 1 aliphatic rings. The molecule has 1 fully saturated rings. The van der Waals surface area contributed by atoms with Gasteiger partial charge in [0.25, 0.3) is 0 Å². The maximum absolute atomic E-state index is 5.93. The predicted molar refractivity (Wildman–Crippen MR) is 74.9 cm³/mol. The van der Waals surface area contributed by atoms with Gasteiger partial charge in [-0.15, -0.1) is 0 Å². The normalized spacial score (nSPS) is 15.3. The summed E-state index contributed by atoms with van der Waals surface area (Å²) in [6.45, 7) is 2.88. The van der Waals surface area contributed by atoms with Crippen molar-refractivity contribution in [2.24, 2.45) is 0 Å². The van der Waals surface area contributed by atoms with Gasteiger partial charge >= 0.3 is 0 Å². The molecule has 0 unspecified atom stereocenters. The number of nitrogen functional groups attached to an aromatic ring is 2. The van der Waals surface area contributed by atoms with Gasteiger partial charge in [-0.3, -0.25) is 0 Å². The summed E-state index contributed by atoms with van der Waals surface area (Å²) in [6, 6.07) is 0. The standard InChI is InChI=1S/C12H15N7O/c13-9-7-17-12(19-1-3-20-4-2-19)18-10(9)8-5-15-11(14)16-6-8/h5-7H,1-4,13H2,(H2,14,15,16). The van der Waals surface area contributed by atoms with Crippen LogP contribution in [0.2, 0.25) is 0 Å². The third-order valence-corrected chi connectivity index (χ3v) is 3.04. The van der Waals surface area contributed by atoms with Crippen molar-refractivity contribution in [3.8, 4) is 11.3 Å². The Labute approximate surface area is 115 Å². The molecule has 1 aliphatic heterocycles. The molecular formula is C12H15N7O. The summed E-state index contributed by atoms with van der Waals surface area (Å²) in [5.41, 5.74) is 13.2. The molecule has 20 heavy (non-hydrogen) atoms. The number of hydrogen-bond donors (Lipinski definition) is 2. The molecule has 2 aromatic heterocycles. The van der Waals surface area contributed by atoms with Gasteiger partial charge < -0.3 is 21.1 Å². The molecule has 0 aromatic carbocycles. The minimum absolute atomic E-state index is 0.217. The molecule has 3 heterocycles. The van der Waals surface area contributed by atoms with Crippen LogP contribution >= 0.6 is 0 Å². The summed E-state index contributed by atoms with van der Waals surface area (Å²) in [7, 11) is 0. The maximum Gasteiger partial charge on any atom is 0.226 e. The third-order valence-electron chi connectivity index (χ3n) is 3.04. The molecule has 0 spiro atoms. The lowest BCUT2D eigenvalue weighted by molar-refractivity contribution is 0.122. The molecule has 2 aromatic rings.